The van der Waals surface area contributed by atoms with Gasteiger partial charge in [-0.1, -0.05) is 0 Å². The van der Waals surface area contributed by atoms with Gasteiger partial charge in [-0.3, -0.25) is 0 Å². The monoisotopic (exact) mass is 362 g/mol. The molecule has 0 radical (unpaired) electrons. The zero-order valence-electron chi connectivity index (χ0n) is 12.0. The summed E-state index contributed by atoms with van der Waals surface area (Å²) in [5, 5.41) is -0.289. The van der Waals surface area contributed by atoms with Crippen molar-refractivity contribution in [2.75, 3.05) is 0 Å². The predicted molar refractivity (Wildman–Crippen MR) is 85.3 cm³/mol. The molecule has 0 aliphatic heterocycles. The van der Waals surface area contributed by atoms with Crippen LogP contribution >= 0.6 is 18.4 Å². The van der Waals surface area contributed by atoms with Crippen molar-refractivity contribution < 1.29 is 18.6 Å². The van der Waals surface area contributed by atoms with Gasteiger partial charge >= 0.3 is 6.80 Å². The molecule has 1 aromatic heterocycles. The third-order valence-corrected chi connectivity index (χ3v) is 7.44. The highest BCUT2D eigenvalue weighted by Gasteiger charge is 2.33. The molecule has 1 aliphatic carbocycles. The first kappa shape index (κ1) is 16.1. The van der Waals surface area contributed by atoms with Crippen LogP contribution in [0.3, 0.4) is 0 Å². The highest BCUT2D eigenvalue weighted by molar-refractivity contribution is 8.45. The minimum absolute atomic E-state index is 0.0814. The van der Waals surface area contributed by atoms with Crippen molar-refractivity contribution in [1.82, 2.24) is 9.97 Å². The Bertz CT molecular complexity index is 827. The number of rotatable bonds is 4. The van der Waals surface area contributed by atoms with Gasteiger partial charge in [0, 0.05) is 0 Å². The van der Waals surface area contributed by atoms with Gasteiger partial charge < -0.3 is 14.8 Å². The molecule has 6 nitrogen and oxygen atoms in total. The van der Waals surface area contributed by atoms with Crippen LogP contribution in [0.5, 0.6) is 0 Å². The van der Waals surface area contributed by atoms with E-state index in [-0.39, 0.29) is 10.5 Å². The Labute approximate surface area is 134 Å². The molecule has 1 fully saturated rings. The van der Waals surface area contributed by atoms with Gasteiger partial charge in [-0.25, -0.2) is 13.8 Å². The van der Waals surface area contributed by atoms with Crippen molar-refractivity contribution in [3.05, 3.63) is 22.8 Å². The summed E-state index contributed by atoms with van der Waals surface area (Å²) in [4.78, 5) is 25.0. The molecule has 0 bridgehead atoms. The zero-order chi connectivity index (χ0) is 16.2. The number of aromatic nitrogens is 2. The summed E-state index contributed by atoms with van der Waals surface area (Å²) >= 11 is 6.50. The highest BCUT2D eigenvalue weighted by Crippen LogP contribution is 2.47. The first-order chi connectivity index (χ1) is 10.2. The normalized spacial score (nSPS) is 18.6. The summed E-state index contributed by atoms with van der Waals surface area (Å²) in [5.74, 6) is 0.476. The van der Waals surface area contributed by atoms with E-state index in [2.05, 4.69) is 9.97 Å². The Morgan fingerprint density at radius 3 is 2.59 bits per heavy atom. The highest BCUT2D eigenvalue weighted by atomic mass is 35.5. The molecule has 9 heteroatoms. The molecule has 3 N–H and O–H groups in total. The number of alkyl halides is 1. The summed E-state index contributed by atoms with van der Waals surface area (Å²) in [6.07, 6.45) is 2.22. The number of fused-ring (bicyclic) bond motifs is 1. The number of aromatic amines is 1. The lowest BCUT2D eigenvalue weighted by Gasteiger charge is -2.14. The third-order valence-electron chi connectivity index (χ3n) is 4.08. The maximum Gasteiger partial charge on any atom is 0.421 e. The molecule has 2 unspecified atom stereocenters. The molecule has 0 amide bonds. The maximum absolute atomic E-state index is 11.8. The molecule has 1 saturated carbocycles. The predicted octanol–water partition coefficient (Wildman–Crippen LogP) is 3.07. The summed E-state index contributed by atoms with van der Waals surface area (Å²) in [5.41, 5.74) is 4.05. The zero-order valence-corrected chi connectivity index (χ0v) is 14.5. The quantitative estimate of drug-likeness (QED) is 0.573. The van der Waals surface area contributed by atoms with Gasteiger partial charge in [-0.05, 0) is 55.4 Å². The summed E-state index contributed by atoms with van der Waals surface area (Å²) in [6, 6.07) is 1.85. The average molecular weight is 363 g/mol. The number of halogens is 1. The molecule has 1 aliphatic rings. The number of H-pyrrole nitrogens is 1. The van der Waals surface area contributed by atoms with Gasteiger partial charge in [0.15, 0.2) is 0 Å². The van der Waals surface area contributed by atoms with E-state index < -0.39 is 17.2 Å². The number of nitrogens with one attached hydrogen (secondary N) is 1. The Kier molecular flexibility index (Phi) is 3.98. The Morgan fingerprint density at radius 2 is 2.05 bits per heavy atom. The van der Waals surface area contributed by atoms with Crippen molar-refractivity contribution >= 4 is 39.9 Å². The van der Waals surface area contributed by atoms with Crippen molar-refractivity contribution in [2.45, 2.75) is 37.2 Å². The van der Waals surface area contributed by atoms with Crippen LogP contribution in [0, 0.1) is 19.8 Å². The smallest absolute Gasteiger partial charge is 0.330 e. The number of nitrogens with zero attached hydrogens (tertiary/aromatic N) is 1. The van der Waals surface area contributed by atoms with Crippen LogP contribution in [-0.4, -0.2) is 24.0 Å². The lowest BCUT2D eigenvalue weighted by atomic mass is 9.97. The molecule has 3 rings (SSSR count). The Hall–Kier alpha value is -0.720. The van der Waals surface area contributed by atoms with Gasteiger partial charge in [0.05, 0.1) is 16.4 Å². The molecule has 2 atom stereocenters. The topological polar surface area (TPSA) is 103 Å². The molecule has 22 heavy (non-hydrogen) atoms. The molecule has 120 valence electrons. The van der Waals surface area contributed by atoms with E-state index >= 15 is 0 Å². The molecule has 0 spiro atoms. The van der Waals surface area contributed by atoms with E-state index in [1.165, 1.54) is 0 Å². The molecule has 1 heterocycles. The minimum atomic E-state index is -4.75. The molecular formula is C13H16ClN2O4PS. The van der Waals surface area contributed by atoms with E-state index in [1.807, 2.05) is 19.9 Å². The van der Waals surface area contributed by atoms with Crippen molar-refractivity contribution in [1.29, 1.82) is 0 Å². The molecule has 1 aromatic carbocycles. The second kappa shape index (κ2) is 5.42. The van der Waals surface area contributed by atoms with Crippen molar-refractivity contribution in [3.63, 3.8) is 0 Å². The van der Waals surface area contributed by atoms with E-state index in [1.54, 1.807) is 0 Å². The Balaban J connectivity index is 2.14. The average Bonchev–Trinajstić information content (AvgIpc) is 3.20. The number of imidazole rings is 1. The van der Waals surface area contributed by atoms with Crippen LogP contribution in [0.1, 0.15) is 34.9 Å². The van der Waals surface area contributed by atoms with Crippen LogP contribution < -0.4 is 0 Å². The summed E-state index contributed by atoms with van der Waals surface area (Å²) < 4.78 is 22.9. The number of benzene rings is 1. The largest absolute Gasteiger partial charge is 0.421 e. The fourth-order valence-corrected chi connectivity index (χ4v) is 4.54. The lowest BCUT2D eigenvalue weighted by molar-refractivity contribution is 0.394. The van der Waals surface area contributed by atoms with Gasteiger partial charge in [0.2, 0.25) is 15.6 Å². The first-order valence-corrected chi connectivity index (χ1v) is 10.6. The van der Waals surface area contributed by atoms with Gasteiger partial charge in [0.1, 0.15) is 0 Å². The van der Waals surface area contributed by atoms with E-state index in [9.17, 15) is 8.77 Å². The van der Waals surface area contributed by atoms with Crippen molar-refractivity contribution in [2.24, 2.45) is 5.92 Å². The molecule has 2 aromatic rings. The fraction of sp³-hybridized carbons (Fsp3) is 0.462. The van der Waals surface area contributed by atoms with Crippen molar-refractivity contribution in [3.8, 4) is 0 Å². The summed E-state index contributed by atoms with van der Waals surface area (Å²) in [7, 11) is -2.49. The lowest BCUT2D eigenvalue weighted by Crippen LogP contribution is -1.99. The SMILES string of the molecule is Cc1c(C(Cl)C2CC2)cc2[nH]c(S(=O)P(=O)(O)O)nc2c1C. The second-order valence-electron chi connectivity index (χ2n) is 5.63. The van der Waals surface area contributed by atoms with Gasteiger partial charge in [-0.2, -0.15) is 0 Å². The van der Waals surface area contributed by atoms with Gasteiger partial charge in [0.25, 0.3) is 0 Å². The second-order valence-corrected chi connectivity index (χ2v) is 10.4. The van der Waals surface area contributed by atoms with E-state index in [0.717, 1.165) is 29.5 Å². The Morgan fingerprint density at radius 1 is 1.41 bits per heavy atom. The van der Waals surface area contributed by atoms with Crippen LogP contribution in [0.15, 0.2) is 11.2 Å². The number of aryl methyl sites for hydroxylation is 1. The van der Waals surface area contributed by atoms with Crippen LogP contribution in [0.25, 0.3) is 11.0 Å². The molecule has 0 saturated heterocycles. The summed E-state index contributed by atoms with van der Waals surface area (Å²) in [6.45, 7) is -0.913. The first-order valence-electron chi connectivity index (χ1n) is 6.82. The standard InChI is InChI=1S/C13H16ClN2O4PS/c1-6-7(2)12-10(5-9(6)11(14)8-3-4-8)15-13(16-12)22(20)21(17,18)19/h5,8,11H,3-4H2,1-2H3,(H,15,16)(H2,17,18,19). The minimum Gasteiger partial charge on any atom is -0.330 e. The van der Waals surface area contributed by atoms with E-state index in [4.69, 9.17) is 21.4 Å². The van der Waals surface area contributed by atoms with Crippen LogP contribution in [0.4, 0.5) is 0 Å². The van der Waals surface area contributed by atoms with Crippen LogP contribution in [-0.2, 0) is 15.0 Å². The fourth-order valence-electron chi connectivity index (χ4n) is 2.54. The maximum atomic E-state index is 11.8. The molecular weight excluding hydrogens is 347 g/mol. The van der Waals surface area contributed by atoms with E-state index in [0.29, 0.717) is 17.0 Å². The van der Waals surface area contributed by atoms with Gasteiger partial charge in [-0.15, -0.1) is 11.6 Å². The third kappa shape index (κ3) is 2.76. The number of hydrogen-bond acceptors (Lipinski definition) is 3. The van der Waals surface area contributed by atoms with Crippen LogP contribution in [0.2, 0.25) is 0 Å². The number of hydrogen-bond donors (Lipinski definition) is 3.